The first kappa shape index (κ1) is 39.0. The Kier molecular flexibility index (Phi) is 22.0. The molecule has 0 saturated heterocycles. The van der Waals surface area contributed by atoms with Gasteiger partial charge in [0.05, 0.1) is 15.7 Å². The molecule has 0 amide bonds. The maximum Gasteiger partial charge on any atom is 0.466 e. The van der Waals surface area contributed by atoms with Crippen molar-refractivity contribution in [2.75, 3.05) is 19.6 Å². The van der Waals surface area contributed by atoms with Crippen LogP contribution in [0, 0.1) is 0 Å². The van der Waals surface area contributed by atoms with Crippen molar-refractivity contribution in [1.82, 2.24) is 0 Å². The van der Waals surface area contributed by atoms with Crippen molar-refractivity contribution < 1.29 is 58.2 Å². The average molecular weight is 558 g/mol. The summed E-state index contributed by atoms with van der Waals surface area (Å²) in [4.78, 5) is 21.6. The standard InChI is InChI=1S/3C4H11NO3S.H3O4P/c3*1-4(2-3-5)9(6,7)8;1-5(2,3)4/h3*4H,2-3,5H2,1H3,(H,6,7,8);(H3,1,2,3,4). The van der Waals surface area contributed by atoms with Gasteiger partial charge < -0.3 is 31.9 Å². The van der Waals surface area contributed by atoms with E-state index in [0.717, 1.165) is 0 Å². The number of hydrogen-bond donors (Lipinski definition) is 9. The zero-order valence-electron chi connectivity index (χ0n) is 17.9. The Bertz CT molecular complexity index is 724. The van der Waals surface area contributed by atoms with Crippen molar-refractivity contribution in [2.24, 2.45) is 17.2 Å². The molecule has 0 radical (unpaired) electrons. The summed E-state index contributed by atoms with van der Waals surface area (Å²) in [6.07, 6.45) is 0.913. The monoisotopic (exact) mass is 557 g/mol. The lowest BCUT2D eigenvalue weighted by Gasteiger charge is -2.03. The number of rotatable bonds is 9. The van der Waals surface area contributed by atoms with Gasteiger partial charge in [0.1, 0.15) is 0 Å². The predicted octanol–water partition coefficient (Wildman–Crippen LogP) is -2.09. The maximum absolute atomic E-state index is 10.2. The van der Waals surface area contributed by atoms with Crippen LogP contribution in [0.15, 0.2) is 0 Å². The van der Waals surface area contributed by atoms with Gasteiger partial charge in [-0.3, -0.25) is 13.7 Å². The molecule has 0 aromatic heterocycles. The van der Waals surface area contributed by atoms with Crippen LogP contribution in [0.1, 0.15) is 40.0 Å². The van der Waals surface area contributed by atoms with E-state index < -0.39 is 53.9 Å². The fraction of sp³-hybridized carbons (Fsp3) is 1.00. The molecule has 0 bridgehead atoms. The highest BCUT2D eigenvalue weighted by Gasteiger charge is 2.16. The van der Waals surface area contributed by atoms with Crippen molar-refractivity contribution in [3.05, 3.63) is 0 Å². The predicted molar refractivity (Wildman–Crippen MR) is 118 cm³/mol. The Morgan fingerprint density at radius 1 is 0.594 bits per heavy atom. The van der Waals surface area contributed by atoms with E-state index >= 15 is 0 Å². The third-order valence-electron chi connectivity index (χ3n) is 3.25. The lowest BCUT2D eigenvalue weighted by Crippen LogP contribution is -2.20. The van der Waals surface area contributed by atoms with Crippen LogP contribution in [-0.4, -0.2) is 89.0 Å². The molecule has 16 nitrogen and oxygen atoms in total. The summed E-state index contributed by atoms with van der Waals surface area (Å²) in [5.41, 5.74) is 15.2. The molecular weight excluding hydrogens is 521 g/mol. The quantitative estimate of drug-likeness (QED) is 0.108. The van der Waals surface area contributed by atoms with E-state index in [9.17, 15) is 25.3 Å². The molecule has 0 aromatic rings. The van der Waals surface area contributed by atoms with Gasteiger partial charge in [-0.2, -0.15) is 25.3 Å². The van der Waals surface area contributed by atoms with Crippen LogP contribution in [0.2, 0.25) is 0 Å². The molecular formula is C12H36N3O13PS3. The molecule has 200 valence electrons. The first-order chi connectivity index (χ1) is 13.9. The SMILES string of the molecule is CC(CCN)S(=O)(=O)O.CC(CCN)S(=O)(=O)O.CC(CCN)S(=O)(=O)O.O=P(O)(O)O. The van der Waals surface area contributed by atoms with Crippen molar-refractivity contribution in [3.8, 4) is 0 Å². The molecule has 0 spiro atoms. The van der Waals surface area contributed by atoms with E-state index in [-0.39, 0.29) is 19.6 Å². The molecule has 20 heteroatoms. The summed E-state index contributed by atoms with van der Waals surface area (Å²) in [5.74, 6) is 0. The largest absolute Gasteiger partial charge is 0.466 e. The van der Waals surface area contributed by atoms with Crippen molar-refractivity contribution in [3.63, 3.8) is 0 Å². The van der Waals surface area contributed by atoms with E-state index in [0.29, 0.717) is 19.3 Å². The van der Waals surface area contributed by atoms with Gasteiger partial charge in [0.15, 0.2) is 0 Å². The van der Waals surface area contributed by atoms with Gasteiger partial charge in [0.2, 0.25) is 0 Å². The second-order valence-corrected chi connectivity index (χ2v) is 12.8. The molecule has 12 N–H and O–H groups in total. The highest BCUT2D eigenvalue weighted by Crippen LogP contribution is 2.25. The molecule has 0 aromatic carbocycles. The van der Waals surface area contributed by atoms with Crippen LogP contribution >= 0.6 is 7.82 Å². The van der Waals surface area contributed by atoms with Crippen molar-refractivity contribution in [1.29, 1.82) is 0 Å². The first-order valence-electron chi connectivity index (χ1n) is 8.72. The zero-order valence-corrected chi connectivity index (χ0v) is 21.3. The number of hydrogen-bond acceptors (Lipinski definition) is 10. The minimum absolute atomic E-state index is 0.279. The van der Waals surface area contributed by atoms with E-state index in [1.807, 2.05) is 0 Å². The third kappa shape index (κ3) is 34.3. The summed E-state index contributed by atoms with van der Waals surface area (Å²) in [6.45, 7) is 5.09. The van der Waals surface area contributed by atoms with Crippen molar-refractivity contribution >= 4 is 38.2 Å². The van der Waals surface area contributed by atoms with Gasteiger partial charge in [-0.25, -0.2) is 4.57 Å². The molecule has 0 rings (SSSR count). The first-order valence-corrected chi connectivity index (χ1v) is 14.8. The second kappa shape index (κ2) is 18.1. The van der Waals surface area contributed by atoms with Crippen LogP contribution in [0.3, 0.4) is 0 Å². The van der Waals surface area contributed by atoms with Gasteiger partial charge >= 0.3 is 7.82 Å². The lowest BCUT2D eigenvalue weighted by molar-refractivity contribution is 0.275. The summed E-state index contributed by atoms with van der Waals surface area (Å²) in [7, 11) is -16.2. The van der Waals surface area contributed by atoms with Gasteiger partial charge in [0.25, 0.3) is 30.4 Å². The Balaban J connectivity index is -0.000000167. The Labute approximate surface area is 189 Å². The molecule has 0 saturated carbocycles. The summed E-state index contributed by atoms with van der Waals surface area (Å²) in [6, 6.07) is 0. The molecule has 0 aliphatic heterocycles. The van der Waals surface area contributed by atoms with Crippen LogP contribution < -0.4 is 17.2 Å². The fourth-order valence-electron chi connectivity index (χ4n) is 1.15. The second-order valence-electron chi connectivity index (χ2n) is 6.22. The zero-order chi connectivity index (χ0) is 27.0. The molecule has 0 fully saturated rings. The summed E-state index contributed by atoms with van der Waals surface area (Å²) in [5, 5.41) is -2.20. The Hall–Kier alpha value is -0.280. The molecule has 3 atom stereocenters. The molecule has 32 heavy (non-hydrogen) atoms. The topological polar surface area (TPSA) is 319 Å². The smallest absolute Gasteiger partial charge is 0.330 e. The maximum atomic E-state index is 10.2. The Morgan fingerprint density at radius 2 is 0.719 bits per heavy atom. The van der Waals surface area contributed by atoms with E-state index in [4.69, 9.17) is 50.1 Å². The highest BCUT2D eigenvalue weighted by atomic mass is 32.2. The molecule has 0 heterocycles. The normalized spacial score (nSPS) is 14.9. The highest BCUT2D eigenvalue weighted by molar-refractivity contribution is 7.86. The van der Waals surface area contributed by atoms with E-state index in [1.54, 1.807) is 0 Å². The summed E-state index contributed by atoms with van der Waals surface area (Å²) < 4.78 is 95.2. The van der Waals surface area contributed by atoms with Crippen LogP contribution in [0.4, 0.5) is 0 Å². The molecule has 0 aliphatic carbocycles. The fourth-order valence-corrected chi connectivity index (χ4v) is 2.45. The number of nitrogens with two attached hydrogens (primary N) is 3. The average Bonchev–Trinajstić information content (AvgIpc) is 2.52. The van der Waals surface area contributed by atoms with Crippen LogP contribution in [0.25, 0.3) is 0 Å². The van der Waals surface area contributed by atoms with Crippen molar-refractivity contribution in [2.45, 2.75) is 55.8 Å². The lowest BCUT2D eigenvalue weighted by atomic mass is 10.3. The summed E-state index contributed by atoms with van der Waals surface area (Å²) >= 11 is 0. The van der Waals surface area contributed by atoms with Gasteiger partial charge in [-0.15, -0.1) is 0 Å². The third-order valence-corrected chi connectivity index (χ3v) is 7.00. The molecule has 0 aliphatic rings. The number of phosphoric acid groups is 1. The Morgan fingerprint density at radius 3 is 0.750 bits per heavy atom. The van der Waals surface area contributed by atoms with E-state index in [1.165, 1.54) is 20.8 Å². The molecule has 3 unspecified atom stereocenters. The van der Waals surface area contributed by atoms with Crippen LogP contribution in [0.5, 0.6) is 0 Å². The van der Waals surface area contributed by atoms with E-state index in [2.05, 4.69) is 0 Å². The minimum Gasteiger partial charge on any atom is -0.330 e. The van der Waals surface area contributed by atoms with Gasteiger partial charge in [-0.05, 0) is 59.7 Å². The van der Waals surface area contributed by atoms with Crippen LogP contribution in [-0.2, 0) is 34.9 Å². The van der Waals surface area contributed by atoms with Gasteiger partial charge in [-0.1, -0.05) is 0 Å². The minimum atomic E-state index is -4.64. The van der Waals surface area contributed by atoms with Gasteiger partial charge in [0, 0.05) is 0 Å².